The number of anilines is 1. The highest BCUT2D eigenvalue weighted by molar-refractivity contribution is 14.1. The third kappa shape index (κ3) is 5.39. The molecule has 0 aromatic heterocycles. The minimum Gasteiger partial charge on any atom is -0.506 e. The predicted octanol–water partition coefficient (Wildman–Crippen LogP) is 7.73. The van der Waals surface area contributed by atoms with Gasteiger partial charge in [-0.25, -0.2) is 0 Å². The van der Waals surface area contributed by atoms with E-state index >= 15 is 0 Å². The molecule has 0 saturated heterocycles. The number of phenolic OH excluding ortho intramolecular Hbond substituents is 1. The van der Waals surface area contributed by atoms with E-state index in [-0.39, 0.29) is 17.2 Å². The SMILES string of the molecule is Cc1ccc(C(C)C)c(Oc2ccc(Cl)cc2NC(=O)c2cc(I)cc(I)c2O)c1. The molecule has 0 heterocycles. The number of hydrogen-bond acceptors (Lipinski definition) is 3. The van der Waals surface area contributed by atoms with Crippen molar-refractivity contribution in [2.45, 2.75) is 26.7 Å². The first-order valence-corrected chi connectivity index (χ1v) is 11.8. The summed E-state index contributed by atoms with van der Waals surface area (Å²) >= 11 is 10.3. The average molecular weight is 648 g/mol. The molecule has 156 valence electrons. The Labute approximate surface area is 208 Å². The molecule has 7 heteroatoms. The smallest absolute Gasteiger partial charge is 0.259 e. The molecule has 4 nitrogen and oxygen atoms in total. The zero-order valence-electron chi connectivity index (χ0n) is 16.6. The van der Waals surface area contributed by atoms with Crippen molar-refractivity contribution in [3.63, 3.8) is 0 Å². The largest absolute Gasteiger partial charge is 0.506 e. The molecule has 0 fully saturated rings. The van der Waals surface area contributed by atoms with Crippen LogP contribution in [0.1, 0.15) is 41.3 Å². The first-order valence-electron chi connectivity index (χ1n) is 9.23. The normalized spacial score (nSPS) is 10.9. The second-order valence-corrected chi connectivity index (χ2v) is 10.0. The van der Waals surface area contributed by atoms with Crippen LogP contribution < -0.4 is 10.1 Å². The number of nitrogens with one attached hydrogen (secondary N) is 1. The molecule has 0 aliphatic rings. The van der Waals surface area contributed by atoms with Crippen molar-refractivity contribution >= 4 is 68.4 Å². The van der Waals surface area contributed by atoms with Crippen molar-refractivity contribution < 1.29 is 14.6 Å². The molecule has 0 bridgehead atoms. The second-order valence-electron chi connectivity index (χ2n) is 7.18. The van der Waals surface area contributed by atoms with E-state index in [4.69, 9.17) is 16.3 Å². The maximum Gasteiger partial charge on any atom is 0.259 e. The van der Waals surface area contributed by atoms with Crippen molar-refractivity contribution in [1.29, 1.82) is 0 Å². The minimum atomic E-state index is -0.440. The molecule has 3 aromatic carbocycles. The summed E-state index contributed by atoms with van der Waals surface area (Å²) < 4.78 is 7.67. The molecule has 2 N–H and O–H groups in total. The number of aromatic hydroxyl groups is 1. The molecule has 30 heavy (non-hydrogen) atoms. The number of phenols is 1. The Kier molecular flexibility index (Phi) is 7.52. The summed E-state index contributed by atoms with van der Waals surface area (Å²) in [6.07, 6.45) is 0. The zero-order chi connectivity index (χ0) is 22.0. The van der Waals surface area contributed by atoms with Gasteiger partial charge >= 0.3 is 0 Å². The summed E-state index contributed by atoms with van der Waals surface area (Å²) in [5.41, 5.74) is 2.76. The highest BCUT2D eigenvalue weighted by Crippen LogP contribution is 2.37. The maximum atomic E-state index is 12.9. The summed E-state index contributed by atoms with van der Waals surface area (Å²) in [5.74, 6) is 0.981. The number of ether oxygens (including phenoxy) is 1. The molecule has 3 aromatic rings. The highest BCUT2D eigenvalue weighted by Gasteiger charge is 2.18. The van der Waals surface area contributed by atoms with E-state index in [1.807, 2.05) is 41.6 Å². The average Bonchev–Trinajstić information content (AvgIpc) is 2.66. The van der Waals surface area contributed by atoms with Crippen molar-refractivity contribution in [3.05, 3.63) is 77.4 Å². The van der Waals surface area contributed by atoms with Crippen LogP contribution in [-0.2, 0) is 0 Å². The lowest BCUT2D eigenvalue weighted by Gasteiger charge is -2.17. The number of carbonyl (C=O) groups is 1. The van der Waals surface area contributed by atoms with Gasteiger partial charge in [0.2, 0.25) is 0 Å². The number of hydrogen-bond donors (Lipinski definition) is 2. The maximum absolute atomic E-state index is 12.9. The van der Waals surface area contributed by atoms with Crippen molar-refractivity contribution in [2.24, 2.45) is 0 Å². The van der Waals surface area contributed by atoms with Gasteiger partial charge in [-0.2, -0.15) is 0 Å². The molecule has 0 aliphatic carbocycles. The lowest BCUT2D eigenvalue weighted by atomic mass is 10.0. The van der Waals surface area contributed by atoms with Crippen LogP contribution in [0.4, 0.5) is 5.69 Å². The number of rotatable bonds is 5. The summed E-state index contributed by atoms with van der Waals surface area (Å²) in [6.45, 7) is 6.20. The fourth-order valence-corrected chi connectivity index (χ4v) is 4.96. The van der Waals surface area contributed by atoms with Gasteiger partial charge in [-0.3, -0.25) is 4.79 Å². The Morgan fingerprint density at radius 2 is 1.80 bits per heavy atom. The Hall–Kier alpha value is -1.52. The molecule has 0 aliphatic heterocycles. The predicted molar refractivity (Wildman–Crippen MR) is 138 cm³/mol. The topological polar surface area (TPSA) is 58.6 Å². The summed E-state index contributed by atoms with van der Waals surface area (Å²) in [6, 6.07) is 14.6. The van der Waals surface area contributed by atoms with Crippen LogP contribution >= 0.6 is 56.8 Å². The molecule has 0 radical (unpaired) electrons. The second kappa shape index (κ2) is 9.74. The van der Waals surface area contributed by atoms with Gasteiger partial charge in [0.15, 0.2) is 5.75 Å². The van der Waals surface area contributed by atoms with Crippen LogP contribution in [-0.4, -0.2) is 11.0 Å². The molecule has 0 atom stereocenters. The van der Waals surface area contributed by atoms with Crippen molar-refractivity contribution in [2.75, 3.05) is 5.32 Å². The standard InChI is InChI=1S/C23H20ClI2NO3/c1-12(2)16-6-4-13(3)8-21(16)30-20-7-5-14(24)9-19(20)27-23(29)17-10-15(25)11-18(26)22(17)28/h4-12,28H,1-3H3,(H,27,29). The van der Waals surface area contributed by atoms with Gasteiger partial charge in [-0.15, -0.1) is 0 Å². The van der Waals surface area contributed by atoms with E-state index in [1.165, 1.54) is 0 Å². The van der Waals surface area contributed by atoms with E-state index in [2.05, 4.69) is 47.8 Å². The molecule has 0 saturated carbocycles. The minimum absolute atomic E-state index is 0.0567. The van der Waals surface area contributed by atoms with Crippen LogP contribution in [0.5, 0.6) is 17.2 Å². The Balaban J connectivity index is 1.98. The lowest BCUT2D eigenvalue weighted by Crippen LogP contribution is -2.13. The van der Waals surface area contributed by atoms with Crippen molar-refractivity contribution in [3.8, 4) is 17.2 Å². The fraction of sp³-hybridized carbons (Fsp3) is 0.174. The van der Waals surface area contributed by atoms with E-state index in [1.54, 1.807) is 30.3 Å². The molecule has 0 spiro atoms. The number of carbonyl (C=O) groups excluding carboxylic acids is 1. The van der Waals surface area contributed by atoms with Gasteiger partial charge in [0.25, 0.3) is 5.91 Å². The molecule has 0 unspecified atom stereocenters. The molecule has 3 rings (SSSR count). The quantitative estimate of drug-likeness (QED) is 0.279. The van der Waals surface area contributed by atoms with Gasteiger partial charge in [0, 0.05) is 8.59 Å². The van der Waals surface area contributed by atoms with Gasteiger partial charge in [0.05, 0.1) is 14.8 Å². The number of aryl methyl sites for hydroxylation is 1. The fourth-order valence-electron chi connectivity index (χ4n) is 2.94. The van der Waals surface area contributed by atoms with Gasteiger partial charge in [0.1, 0.15) is 11.5 Å². The zero-order valence-corrected chi connectivity index (χ0v) is 21.7. The van der Waals surface area contributed by atoms with E-state index in [0.717, 1.165) is 20.4 Å². The van der Waals surface area contributed by atoms with Crippen LogP contribution in [0.25, 0.3) is 0 Å². The molecule has 1 amide bonds. The molecular formula is C23H20ClI2NO3. The highest BCUT2D eigenvalue weighted by atomic mass is 127. The van der Waals surface area contributed by atoms with Crippen LogP contribution in [0.15, 0.2) is 48.5 Å². The van der Waals surface area contributed by atoms with Crippen molar-refractivity contribution in [1.82, 2.24) is 0 Å². The van der Waals surface area contributed by atoms with Gasteiger partial charge < -0.3 is 15.2 Å². The van der Waals surface area contributed by atoms with E-state index in [9.17, 15) is 9.90 Å². The van der Waals surface area contributed by atoms with Gasteiger partial charge in [-0.1, -0.05) is 37.6 Å². The third-order valence-electron chi connectivity index (χ3n) is 4.47. The molecular weight excluding hydrogens is 628 g/mol. The third-order valence-corrected chi connectivity index (χ3v) is 6.15. The monoisotopic (exact) mass is 647 g/mol. The summed E-state index contributed by atoms with van der Waals surface area (Å²) in [5, 5.41) is 13.6. The lowest BCUT2D eigenvalue weighted by molar-refractivity contribution is 0.102. The number of halogens is 3. The Morgan fingerprint density at radius 1 is 1.07 bits per heavy atom. The first kappa shape index (κ1) is 23.1. The Bertz CT molecular complexity index is 1120. The summed E-state index contributed by atoms with van der Waals surface area (Å²) in [4.78, 5) is 12.9. The van der Waals surface area contributed by atoms with E-state index < -0.39 is 5.91 Å². The van der Waals surface area contributed by atoms with E-state index in [0.29, 0.717) is 20.0 Å². The Morgan fingerprint density at radius 3 is 2.50 bits per heavy atom. The van der Waals surface area contributed by atoms with Gasteiger partial charge in [-0.05, 0) is 106 Å². The van der Waals surface area contributed by atoms with Crippen LogP contribution in [0.3, 0.4) is 0 Å². The van der Waals surface area contributed by atoms with Crippen LogP contribution in [0, 0.1) is 14.1 Å². The first-order chi connectivity index (χ1) is 14.2. The number of amides is 1. The summed E-state index contributed by atoms with van der Waals surface area (Å²) in [7, 11) is 0. The van der Waals surface area contributed by atoms with Crippen LogP contribution in [0.2, 0.25) is 5.02 Å². The number of benzene rings is 3.